The molecule has 0 spiro atoms. The van der Waals surface area contributed by atoms with E-state index in [0.717, 1.165) is 148 Å². The van der Waals surface area contributed by atoms with Crippen LogP contribution < -0.4 is 0 Å². The number of allylic oxidation sites excluding steroid dienone is 22. The highest BCUT2D eigenvalue weighted by Crippen LogP contribution is 2.17. The zero-order chi connectivity index (χ0) is 59.9. The number of carbonyl (C=O) groups is 3. The fourth-order valence-electron chi connectivity index (χ4n) is 9.53. The van der Waals surface area contributed by atoms with E-state index in [1.807, 2.05) is 0 Å². The third kappa shape index (κ3) is 68.2. The van der Waals surface area contributed by atoms with E-state index in [9.17, 15) is 14.4 Å². The van der Waals surface area contributed by atoms with Crippen molar-refractivity contribution in [2.45, 2.75) is 322 Å². The summed E-state index contributed by atoms with van der Waals surface area (Å²) in [5, 5.41) is 0. The van der Waals surface area contributed by atoms with Crippen molar-refractivity contribution in [2.75, 3.05) is 13.2 Å². The molecule has 0 aliphatic carbocycles. The molecule has 0 rings (SSSR count). The van der Waals surface area contributed by atoms with Crippen LogP contribution in [0.3, 0.4) is 0 Å². The average Bonchev–Trinajstić information content (AvgIpc) is 3.49. The van der Waals surface area contributed by atoms with Gasteiger partial charge in [-0.15, -0.1) is 0 Å². The maximum atomic E-state index is 13.0. The first-order valence-corrected chi connectivity index (χ1v) is 34.7. The van der Waals surface area contributed by atoms with Gasteiger partial charge in [-0.25, -0.2) is 0 Å². The van der Waals surface area contributed by atoms with Gasteiger partial charge in [0, 0.05) is 19.3 Å². The second kappa shape index (κ2) is 70.0. The lowest BCUT2D eigenvalue weighted by Crippen LogP contribution is -2.30. The molecule has 0 heterocycles. The van der Waals surface area contributed by atoms with Crippen LogP contribution in [0.5, 0.6) is 0 Å². The zero-order valence-electron chi connectivity index (χ0n) is 54.2. The van der Waals surface area contributed by atoms with Crippen molar-refractivity contribution in [1.29, 1.82) is 0 Å². The molecule has 472 valence electrons. The Morgan fingerprint density at radius 3 is 0.747 bits per heavy atom. The van der Waals surface area contributed by atoms with E-state index in [1.165, 1.54) is 128 Å². The average molecular weight is 1150 g/mol. The molecule has 1 atom stereocenters. The molecular formula is C77H128O6. The monoisotopic (exact) mass is 1150 g/mol. The third-order valence-electron chi connectivity index (χ3n) is 14.7. The maximum absolute atomic E-state index is 13.0. The van der Waals surface area contributed by atoms with Gasteiger partial charge < -0.3 is 14.2 Å². The van der Waals surface area contributed by atoms with Gasteiger partial charge in [0.25, 0.3) is 0 Å². The lowest BCUT2D eigenvalue weighted by Gasteiger charge is -2.18. The van der Waals surface area contributed by atoms with Crippen LogP contribution in [0.2, 0.25) is 0 Å². The van der Waals surface area contributed by atoms with Crippen molar-refractivity contribution >= 4 is 17.9 Å². The van der Waals surface area contributed by atoms with Gasteiger partial charge in [-0.2, -0.15) is 0 Å². The molecule has 0 bridgehead atoms. The van der Waals surface area contributed by atoms with Gasteiger partial charge in [-0.3, -0.25) is 14.4 Å². The number of carbonyl (C=O) groups excluding carboxylic acids is 3. The predicted molar refractivity (Wildman–Crippen MR) is 362 cm³/mol. The Balaban J connectivity index is 4.47. The van der Waals surface area contributed by atoms with E-state index in [1.54, 1.807) is 0 Å². The van der Waals surface area contributed by atoms with E-state index in [4.69, 9.17) is 14.2 Å². The quantitative estimate of drug-likeness (QED) is 0.0261. The standard InChI is InChI=1S/C77H128O6/c1-4-7-10-13-16-19-22-25-28-31-34-36-38-40-43-46-49-52-55-58-61-64-67-70-76(79)82-73-74(72-81-75(78)69-66-63-60-57-54-51-48-45-42-33-30-27-24-21-18-15-12-9-6-3)83-77(80)71-68-65-62-59-56-53-50-47-44-41-39-37-35-32-29-26-23-20-17-14-11-8-5-2/h7,9-10,12,16,18-19,21,25,27-28,30,34,36,40,42-43,45,49,51-52,54,74H,4-6,8,11,13-15,17,20,22-24,26,29,31-33,35,37-39,41,44,46-48,50,53,55-73H2,1-3H3/b10-7-,12-9-,19-16-,21-18-,28-25-,30-27-,36-34-,43-40-,45-42-,52-49-,54-51-. The van der Waals surface area contributed by atoms with Gasteiger partial charge >= 0.3 is 17.9 Å². The predicted octanol–water partition coefficient (Wildman–Crippen LogP) is 24.1. The summed E-state index contributed by atoms with van der Waals surface area (Å²) in [7, 11) is 0. The van der Waals surface area contributed by atoms with Crippen LogP contribution in [0, 0.1) is 0 Å². The number of rotatable bonds is 62. The second-order valence-corrected chi connectivity index (χ2v) is 22.7. The summed E-state index contributed by atoms with van der Waals surface area (Å²) in [4.78, 5) is 38.5. The minimum Gasteiger partial charge on any atom is -0.462 e. The first-order valence-electron chi connectivity index (χ1n) is 34.7. The Hall–Kier alpha value is -4.45. The lowest BCUT2D eigenvalue weighted by molar-refractivity contribution is -0.167. The van der Waals surface area contributed by atoms with Gasteiger partial charge in [-0.05, 0) is 116 Å². The van der Waals surface area contributed by atoms with Crippen LogP contribution in [-0.4, -0.2) is 37.2 Å². The van der Waals surface area contributed by atoms with E-state index in [2.05, 4.69) is 154 Å². The van der Waals surface area contributed by atoms with E-state index < -0.39 is 6.10 Å². The van der Waals surface area contributed by atoms with Gasteiger partial charge in [0.05, 0.1) is 0 Å². The molecule has 6 heteroatoms. The zero-order valence-corrected chi connectivity index (χ0v) is 54.2. The highest BCUT2D eigenvalue weighted by atomic mass is 16.6. The van der Waals surface area contributed by atoms with Crippen molar-refractivity contribution < 1.29 is 28.6 Å². The van der Waals surface area contributed by atoms with Gasteiger partial charge in [0.2, 0.25) is 0 Å². The largest absolute Gasteiger partial charge is 0.462 e. The van der Waals surface area contributed by atoms with Gasteiger partial charge in [0.15, 0.2) is 6.10 Å². The van der Waals surface area contributed by atoms with Crippen LogP contribution in [-0.2, 0) is 28.6 Å². The molecule has 0 saturated carbocycles. The molecule has 0 aromatic carbocycles. The molecule has 1 unspecified atom stereocenters. The molecule has 6 nitrogen and oxygen atoms in total. The summed E-state index contributed by atoms with van der Waals surface area (Å²) in [6.07, 6.45) is 99.0. The van der Waals surface area contributed by atoms with Gasteiger partial charge in [0.1, 0.15) is 13.2 Å². The summed E-state index contributed by atoms with van der Waals surface area (Å²) < 4.78 is 16.9. The molecule has 0 aromatic rings. The van der Waals surface area contributed by atoms with E-state index >= 15 is 0 Å². The van der Waals surface area contributed by atoms with Crippen molar-refractivity contribution in [3.63, 3.8) is 0 Å². The van der Waals surface area contributed by atoms with Crippen molar-refractivity contribution in [3.8, 4) is 0 Å². The smallest absolute Gasteiger partial charge is 0.306 e. The first-order chi connectivity index (χ1) is 41.0. The van der Waals surface area contributed by atoms with Crippen LogP contribution in [0.1, 0.15) is 316 Å². The summed E-state index contributed by atoms with van der Waals surface area (Å²) >= 11 is 0. The summed E-state index contributed by atoms with van der Waals surface area (Å²) in [6, 6.07) is 0. The molecule has 0 radical (unpaired) electrons. The van der Waals surface area contributed by atoms with Crippen molar-refractivity contribution in [1.82, 2.24) is 0 Å². The Morgan fingerprint density at radius 2 is 0.470 bits per heavy atom. The first kappa shape index (κ1) is 78.5. The highest BCUT2D eigenvalue weighted by Gasteiger charge is 2.19. The molecule has 0 aliphatic rings. The molecule has 0 saturated heterocycles. The van der Waals surface area contributed by atoms with Crippen LogP contribution >= 0.6 is 0 Å². The number of unbranched alkanes of at least 4 members (excludes halogenated alkanes) is 29. The number of ether oxygens (including phenoxy) is 3. The molecule has 0 fully saturated rings. The minimum absolute atomic E-state index is 0.104. The summed E-state index contributed by atoms with van der Waals surface area (Å²) in [5.41, 5.74) is 0. The van der Waals surface area contributed by atoms with Gasteiger partial charge in [-0.1, -0.05) is 315 Å². The number of hydrogen-bond acceptors (Lipinski definition) is 6. The molecule has 0 amide bonds. The normalized spacial score (nSPS) is 13.0. The van der Waals surface area contributed by atoms with E-state index in [-0.39, 0.29) is 31.1 Å². The minimum atomic E-state index is -0.809. The summed E-state index contributed by atoms with van der Waals surface area (Å²) in [5.74, 6) is -0.949. The Labute approximate surface area is 513 Å². The van der Waals surface area contributed by atoms with E-state index in [0.29, 0.717) is 19.3 Å². The second-order valence-electron chi connectivity index (χ2n) is 22.7. The molecule has 0 aromatic heterocycles. The maximum Gasteiger partial charge on any atom is 0.306 e. The lowest BCUT2D eigenvalue weighted by atomic mass is 10.0. The molecular weight excluding hydrogens is 1020 g/mol. The Bertz CT molecular complexity index is 1750. The summed E-state index contributed by atoms with van der Waals surface area (Å²) in [6.45, 7) is 6.40. The fourth-order valence-corrected chi connectivity index (χ4v) is 9.53. The molecule has 83 heavy (non-hydrogen) atoms. The van der Waals surface area contributed by atoms with Crippen molar-refractivity contribution in [3.05, 3.63) is 134 Å². The molecule has 0 N–H and O–H groups in total. The third-order valence-corrected chi connectivity index (χ3v) is 14.7. The topological polar surface area (TPSA) is 78.9 Å². The van der Waals surface area contributed by atoms with Crippen LogP contribution in [0.15, 0.2) is 134 Å². The molecule has 0 aliphatic heterocycles. The highest BCUT2D eigenvalue weighted by molar-refractivity contribution is 5.71. The Morgan fingerprint density at radius 1 is 0.253 bits per heavy atom. The van der Waals surface area contributed by atoms with Crippen LogP contribution in [0.4, 0.5) is 0 Å². The van der Waals surface area contributed by atoms with Crippen LogP contribution in [0.25, 0.3) is 0 Å². The Kier molecular flexibility index (Phi) is 66.3. The fraction of sp³-hybridized carbons (Fsp3) is 0.675. The van der Waals surface area contributed by atoms with Crippen molar-refractivity contribution in [2.24, 2.45) is 0 Å². The number of esters is 3. The number of hydrogen-bond donors (Lipinski definition) is 0. The SMILES string of the molecule is CC/C=C\C/C=C\C/C=C\C/C=C\C/C=C\C/C=C\CCCCCCC(=O)OCC(COC(=O)CCCCC/C=C\C/C=C\C/C=C\C/C=C\C/C=C\CC)OC(=O)CCCCCCCCCCCCCCCCCCCCCCCCC.